The van der Waals surface area contributed by atoms with Gasteiger partial charge < -0.3 is 31.9 Å². The van der Waals surface area contributed by atoms with Crippen LogP contribution in [0.4, 0.5) is 38.4 Å². The van der Waals surface area contributed by atoms with Crippen LogP contribution in [0.5, 0.6) is 0 Å². The van der Waals surface area contributed by atoms with Gasteiger partial charge in [-0.15, -0.1) is 0 Å². The second kappa shape index (κ2) is 11.6. The summed E-state index contributed by atoms with van der Waals surface area (Å²) in [5, 5.41) is 18.0. The highest BCUT2D eigenvalue weighted by molar-refractivity contribution is 6.32. The molecule has 6 N–H and O–H groups in total. The first-order chi connectivity index (χ1) is 17.4. The maximum absolute atomic E-state index is 12.5. The Bertz CT molecular complexity index is 1250. The van der Waals surface area contributed by atoms with Crippen molar-refractivity contribution in [2.24, 2.45) is 0 Å². The van der Waals surface area contributed by atoms with Gasteiger partial charge in [0.1, 0.15) is 5.02 Å². The van der Waals surface area contributed by atoms with Gasteiger partial charge in [-0.05, 0) is 68.1 Å². The van der Waals surface area contributed by atoms with Crippen molar-refractivity contribution in [3.63, 3.8) is 0 Å². The van der Waals surface area contributed by atoms with E-state index in [-0.39, 0.29) is 18.1 Å². The van der Waals surface area contributed by atoms with Crippen LogP contribution in [0.3, 0.4) is 0 Å². The van der Waals surface area contributed by atoms with E-state index < -0.39 is 0 Å². The lowest BCUT2D eigenvalue weighted by molar-refractivity contribution is 0.237. The number of carbonyl (C=O) groups excluding carboxylic acids is 2. The largest absolute Gasteiger partial charge is 0.339 e. The number of fused-ring (bicyclic) bond motifs is 6. The molecule has 2 aromatic carbocycles. The van der Waals surface area contributed by atoms with Crippen molar-refractivity contribution in [3.05, 3.63) is 64.8 Å². The normalized spacial score (nSPS) is 12.1. The number of hydrogen-bond donors (Lipinski definition) is 6. The van der Waals surface area contributed by atoms with Gasteiger partial charge in [-0.2, -0.15) is 4.98 Å². The zero-order valence-electron chi connectivity index (χ0n) is 20.1. The molecule has 36 heavy (non-hydrogen) atoms. The average molecular weight is 509 g/mol. The first kappa shape index (κ1) is 25.1. The van der Waals surface area contributed by atoms with E-state index in [9.17, 15) is 9.59 Å². The van der Waals surface area contributed by atoms with E-state index in [0.717, 1.165) is 28.9 Å². The van der Waals surface area contributed by atoms with Gasteiger partial charge in [-0.3, -0.25) is 0 Å². The summed E-state index contributed by atoms with van der Waals surface area (Å²) in [5.41, 5.74) is 4.44. The first-order valence-corrected chi connectivity index (χ1v) is 12.1. The molecule has 0 saturated carbocycles. The number of carbonyl (C=O) groups is 2. The SMILES string of the molecule is CC(C)NC(=O)NCCNC(=O)Nc1ccc2cc1CCc1cccc(c1)Nc1ncc(Cl)c(n1)N2. The average Bonchev–Trinajstić information content (AvgIpc) is 2.84. The molecule has 4 rings (SSSR count). The number of aryl methyl sites for hydroxylation is 2. The third-order valence-corrected chi connectivity index (χ3v) is 5.62. The summed E-state index contributed by atoms with van der Waals surface area (Å²) in [6, 6.07) is 13.1. The van der Waals surface area contributed by atoms with Crippen LogP contribution in [0.25, 0.3) is 0 Å². The molecule has 0 spiro atoms. The molecule has 3 aromatic rings. The van der Waals surface area contributed by atoms with Crippen LogP contribution in [0.2, 0.25) is 5.02 Å². The van der Waals surface area contributed by atoms with Crippen LogP contribution in [-0.4, -0.2) is 41.2 Å². The topological polar surface area (TPSA) is 132 Å². The van der Waals surface area contributed by atoms with Crippen LogP contribution in [0, 0.1) is 0 Å². The second-order valence-electron chi connectivity index (χ2n) is 8.65. The number of amides is 4. The number of anilines is 5. The molecule has 188 valence electrons. The molecule has 0 atom stereocenters. The third kappa shape index (κ3) is 6.98. The van der Waals surface area contributed by atoms with Crippen molar-refractivity contribution in [3.8, 4) is 0 Å². The summed E-state index contributed by atoms with van der Waals surface area (Å²) in [5.74, 6) is 0.910. The Morgan fingerprint density at radius 3 is 2.58 bits per heavy atom. The maximum Gasteiger partial charge on any atom is 0.319 e. The monoisotopic (exact) mass is 508 g/mol. The summed E-state index contributed by atoms with van der Waals surface area (Å²) >= 11 is 6.33. The molecule has 1 aromatic heterocycles. The molecule has 6 bridgehead atoms. The number of rotatable bonds is 5. The lowest BCUT2D eigenvalue weighted by Crippen LogP contribution is -2.43. The maximum atomic E-state index is 12.5. The van der Waals surface area contributed by atoms with Crippen LogP contribution in [0.1, 0.15) is 25.0 Å². The number of urea groups is 2. The second-order valence-corrected chi connectivity index (χ2v) is 9.06. The van der Waals surface area contributed by atoms with E-state index in [2.05, 4.69) is 54.0 Å². The summed E-state index contributed by atoms with van der Waals surface area (Å²) in [7, 11) is 0. The Morgan fingerprint density at radius 1 is 1.00 bits per heavy atom. The molecule has 0 saturated heterocycles. The Labute approximate surface area is 214 Å². The van der Waals surface area contributed by atoms with E-state index in [1.165, 1.54) is 0 Å². The number of halogens is 1. The Balaban J connectivity index is 1.48. The number of nitrogens with one attached hydrogen (secondary N) is 6. The van der Waals surface area contributed by atoms with E-state index in [1.54, 1.807) is 6.20 Å². The highest BCUT2D eigenvalue weighted by Gasteiger charge is 2.13. The molecular formula is C25H29ClN8O2. The highest BCUT2D eigenvalue weighted by atomic mass is 35.5. The molecule has 2 heterocycles. The molecule has 11 heteroatoms. The summed E-state index contributed by atoms with van der Waals surface area (Å²) in [4.78, 5) is 33.0. The summed E-state index contributed by atoms with van der Waals surface area (Å²) in [6.07, 6.45) is 3.01. The lowest BCUT2D eigenvalue weighted by atomic mass is 10.0. The van der Waals surface area contributed by atoms with Gasteiger partial charge in [0.25, 0.3) is 0 Å². The fourth-order valence-corrected chi connectivity index (χ4v) is 3.83. The molecule has 0 radical (unpaired) electrons. The van der Waals surface area contributed by atoms with Crippen molar-refractivity contribution in [2.45, 2.75) is 32.7 Å². The Morgan fingerprint density at radius 2 is 1.78 bits per heavy atom. The molecule has 1 aliphatic heterocycles. The van der Waals surface area contributed by atoms with Crippen molar-refractivity contribution in [2.75, 3.05) is 29.0 Å². The van der Waals surface area contributed by atoms with Crippen molar-refractivity contribution >= 4 is 52.5 Å². The fraction of sp³-hybridized carbons (Fsp3) is 0.280. The summed E-state index contributed by atoms with van der Waals surface area (Å²) < 4.78 is 0. The van der Waals surface area contributed by atoms with Gasteiger partial charge >= 0.3 is 12.1 Å². The number of benzene rings is 2. The minimum Gasteiger partial charge on any atom is -0.339 e. The van der Waals surface area contributed by atoms with Crippen molar-refractivity contribution in [1.29, 1.82) is 0 Å². The molecule has 0 unspecified atom stereocenters. The van der Waals surface area contributed by atoms with Crippen LogP contribution >= 0.6 is 11.6 Å². The summed E-state index contributed by atoms with van der Waals surface area (Å²) in [6.45, 7) is 4.36. The van der Waals surface area contributed by atoms with Gasteiger partial charge in [-0.25, -0.2) is 14.6 Å². The number of nitrogens with zero attached hydrogens (tertiary/aromatic N) is 2. The number of hydrogen-bond acceptors (Lipinski definition) is 6. The predicted molar refractivity (Wildman–Crippen MR) is 143 cm³/mol. The quantitative estimate of drug-likeness (QED) is 0.280. The Kier molecular flexibility index (Phi) is 8.06. The van der Waals surface area contributed by atoms with Gasteiger partial charge in [0, 0.05) is 36.2 Å². The van der Waals surface area contributed by atoms with Crippen molar-refractivity contribution in [1.82, 2.24) is 25.9 Å². The minimum absolute atomic E-state index is 0.0432. The molecular weight excluding hydrogens is 480 g/mol. The van der Waals surface area contributed by atoms with Gasteiger partial charge in [-0.1, -0.05) is 23.7 Å². The fourth-order valence-electron chi connectivity index (χ4n) is 3.70. The standard InChI is InChI=1S/C25H29ClN8O2/c1-15(2)30-24(35)27-10-11-28-25(36)33-21-9-8-19-13-17(21)7-6-16-4-3-5-18(12-16)32-23-29-14-20(26)22(31-19)34-23/h3-5,8-9,12-15H,6-7,10-11H2,1-2H3,(H2,27,30,35)(H2,28,33,36)(H2,29,31,32,34). The zero-order chi connectivity index (χ0) is 25.5. The van der Waals surface area contributed by atoms with E-state index in [4.69, 9.17) is 11.6 Å². The number of aromatic nitrogens is 2. The smallest absolute Gasteiger partial charge is 0.319 e. The zero-order valence-corrected chi connectivity index (χ0v) is 20.9. The van der Waals surface area contributed by atoms with Crippen LogP contribution in [-0.2, 0) is 12.8 Å². The van der Waals surface area contributed by atoms with E-state index >= 15 is 0 Å². The van der Waals surface area contributed by atoms with Gasteiger partial charge in [0.15, 0.2) is 5.82 Å². The van der Waals surface area contributed by atoms with Crippen LogP contribution < -0.4 is 31.9 Å². The predicted octanol–water partition coefficient (Wildman–Crippen LogP) is 4.54. The first-order valence-electron chi connectivity index (χ1n) is 11.7. The minimum atomic E-state index is -0.351. The molecule has 4 amide bonds. The lowest BCUT2D eigenvalue weighted by Gasteiger charge is -2.15. The van der Waals surface area contributed by atoms with Crippen LogP contribution in [0.15, 0.2) is 48.7 Å². The van der Waals surface area contributed by atoms with Gasteiger partial charge in [0.2, 0.25) is 5.95 Å². The Hall–Kier alpha value is -4.05. The molecule has 0 fully saturated rings. The van der Waals surface area contributed by atoms with E-state index in [1.807, 2.05) is 44.2 Å². The molecule has 1 aliphatic rings. The van der Waals surface area contributed by atoms with E-state index in [0.29, 0.717) is 42.0 Å². The van der Waals surface area contributed by atoms with Crippen molar-refractivity contribution < 1.29 is 9.59 Å². The molecule has 0 aliphatic carbocycles. The third-order valence-electron chi connectivity index (χ3n) is 5.34. The highest BCUT2D eigenvalue weighted by Crippen LogP contribution is 2.29. The molecule has 10 nitrogen and oxygen atoms in total. The van der Waals surface area contributed by atoms with Gasteiger partial charge in [0.05, 0.1) is 6.20 Å².